The minimum atomic E-state index is -0.544. The average Bonchev–Trinajstić information content (AvgIpc) is 2.80. The molecule has 0 bridgehead atoms. The third kappa shape index (κ3) is 6.77. The van der Waals surface area contributed by atoms with E-state index in [0.29, 0.717) is 33.5 Å². The molecule has 3 rings (SSSR count). The number of anilines is 1. The lowest BCUT2D eigenvalue weighted by molar-refractivity contribution is 0.0734. The van der Waals surface area contributed by atoms with Crippen molar-refractivity contribution in [2.45, 2.75) is 6.92 Å². The second-order valence-corrected chi connectivity index (χ2v) is 8.16. The number of thiocarbonyl (C=S) groups is 1. The van der Waals surface area contributed by atoms with Crippen LogP contribution in [-0.2, 0) is 0 Å². The molecule has 0 radical (unpaired) electrons. The summed E-state index contributed by atoms with van der Waals surface area (Å²) in [6.07, 6.45) is 1.52. The number of carbonyl (C=O) groups is 1. The fourth-order valence-corrected chi connectivity index (χ4v) is 3.43. The summed E-state index contributed by atoms with van der Waals surface area (Å²) >= 11 is 8.70. The Hall–Kier alpha value is -3.43. The van der Waals surface area contributed by atoms with Crippen LogP contribution in [-0.4, -0.2) is 31.5 Å². The summed E-state index contributed by atoms with van der Waals surface area (Å²) in [5, 5.41) is 7.55. The monoisotopic (exact) mass is 527 g/mol. The van der Waals surface area contributed by atoms with Crippen LogP contribution >= 0.6 is 28.1 Å². The largest absolute Gasteiger partial charge is 0.493 e. The third-order valence-corrected chi connectivity index (χ3v) is 5.13. The molecule has 3 aromatic rings. The van der Waals surface area contributed by atoms with Crippen molar-refractivity contribution < 1.29 is 19.0 Å². The maximum absolute atomic E-state index is 12.7. The van der Waals surface area contributed by atoms with Crippen molar-refractivity contribution in [1.29, 1.82) is 0 Å². The summed E-state index contributed by atoms with van der Waals surface area (Å²) in [5.41, 5.74) is 5.62. The van der Waals surface area contributed by atoms with Crippen LogP contribution in [0.15, 0.2) is 70.2 Å². The van der Waals surface area contributed by atoms with Gasteiger partial charge in [0.2, 0.25) is 0 Å². The highest BCUT2D eigenvalue weighted by Crippen LogP contribution is 2.29. The van der Waals surface area contributed by atoms with E-state index in [0.717, 1.165) is 15.7 Å². The van der Waals surface area contributed by atoms with Gasteiger partial charge in [-0.1, -0.05) is 28.1 Å². The van der Waals surface area contributed by atoms with Gasteiger partial charge < -0.3 is 19.5 Å². The van der Waals surface area contributed by atoms with E-state index in [1.165, 1.54) is 20.4 Å². The lowest BCUT2D eigenvalue weighted by Crippen LogP contribution is -2.23. The molecule has 0 aromatic heterocycles. The zero-order valence-electron chi connectivity index (χ0n) is 18.2. The molecule has 0 aliphatic rings. The van der Waals surface area contributed by atoms with E-state index in [1.807, 2.05) is 31.2 Å². The number of rotatable bonds is 7. The van der Waals surface area contributed by atoms with Crippen LogP contribution in [0.1, 0.15) is 21.5 Å². The first-order valence-corrected chi connectivity index (χ1v) is 11.0. The molecular formula is C24H22BrN3O4S. The molecule has 0 aliphatic heterocycles. The van der Waals surface area contributed by atoms with Crippen LogP contribution in [0.5, 0.6) is 17.2 Å². The molecular weight excluding hydrogens is 506 g/mol. The predicted molar refractivity (Wildman–Crippen MR) is 137 cm³/mol. The number of methoxy groups -OCH3 is 2. The smallest absolute Gasteiger partial charge is 0.343 e. The minimum Gasteiger partial charge on any atom is -0.493 e. The van der Waals surface area contributed by atoms with Crippen molar-refractivity contribution >= 4 is 51.1 Å². The number of carbonyl (C=O) groups excluding carboxylic acids is 1. The minimum absolute atomic E-state index is 0.320. The second kappa shape index (κ2) is 11.4. The quantitative estimate of drug-likeness (QED) is 0.141. The molecule has 0 spiro atoms. The Bertz CT molecular complexity index is 1200. The van der Waals surface area contributed by atoms with Crippen LogP contribution in [0.2, 0.25) is 0 Å². The fraction of sp³-hybridized carbons (Fsp3) is 0.125. The normalized spacial score (nSPS) is 10.5. The molecule has 0 heterocycles. The molecule has 170 valence electrons. The van der Waals surface area contributed by atoms with E-state index in [9.17, 15) is 4.79 Å². The Morgan fingerprint density at radius 2 is 1.76 bits per heavy atom. The van der Waals surface area contributed by atoms with Gasteiger partial charge in [-0.25, -0.2) is 4.79 Å². The standard InChI is InChI=1S/C24H22BrN3O4S/c1-15-5-4-6-19(11-15)27-24(33)28-26-14-17-12-18(25)8-10-20(17)32-23(29)16-7-9-21(30-2)22(13-16)31-3/h4-14H,1-3H3,(H2,27,28,33)/b26-14-. The molecule has 0 saturated carbocycles. The van der Waals surface area contributed by atoms with E-state index >= 15 is 0 Å². The predicted octanol–water partition coefficient (Wildman–Crippen LogP) is 5.31. The summed E-state index contributed by atoms with van der Waals surface area (Å²) < 4.78 is 16.9. The van der Waals surface area contributed by atoms with E-state index in [2.05, 4.69) is 31.8 Å². The Morgan fingerprint density at radius 1 is 1.00 bits per heavy atom. The van der Waals surface area contributed by atoms with Crippen molar-refractivity contribution in [3.05, 3.63) is 81.8 Å². The van der Waals surface area contributed by atoms with Crippen LogP contribution in [0, 0.1) is 6.92 Å². The van der Waals surface area contributed by atoms with Crippen molar-refractivity contribution in [2.24, 2.45) is 5.10 Å². The number of hydrogen-bond acceptors (Lipinski definition) is 6. The zero-order chi connectivity index (χ0) is 23.8. The Balaban J connectivity index is 1.71. The SMILES string of the molecule is COc1ccc(C(=O)Oc2ccc(Br)cc2/C=N\NC(=S)Nc2cccc(C)c2)cc1OC. The molecule has 9 heteroatoms. The molecule has 0 aliphatic carbocycles. The molecule has 33 heavy (non-hydrogen) atoms. The maximum atomic E-state index is 12.7. The summed E-state index contributed by atoms with van der Waals surface area (Å²) in [7, 11) is 3.03. The first-order valence-electron chi connectivity index (χ1n) is 9.80. The van der Waals surface area contributed by atoms with Gasteiger partial charge in [-0.05, 0) is 73.2 Å². The fourth-order valence-electron chi connectivity index (χ4n) is 2.88. The lowest BCUT2D eigenvalue weighted by Gasteiger charge is -2.11. The van der Waals surface area contributed by atoms with Crippen LogP contribution in [0.3, 0.4) is 0 Å². The summed E-state index contributed by atoms with van der Waals surface area (Å²) in [5.74, 6) is 0.744. The molecule has 7 nitrogen and oxygen atoms in total. The Labute approximate surface area is 205 Å². The average molecular weight is 528 g/mol. The van der Waals surface area contributed by atoms with Crippen molar-refractivity contribution in [2.75, 3.05) is 19.5 Å². The van der Waals surface area contributed by atoms with E-state index in [-0.39, 0.29) is 0 Å². The first kappa shape index (κ1) is 24.2. The van der Waals surface area contributed by atoms with Crippen LogP contribution in [0.4, 0.5) is 5.69 Å². The number of nitrogens with zero attached hydrogens (tertiary/aromatic N) is 1. The van der Waals surface area contributed by atoms with Gasteiger partial charge in [-0.15, -0.1) is 0 Å². The van der Waals surface area contributed by atoms with Gasteiger partial charge in [-0.2, -0.15) is 5.10 Å². The highest BCUT2D eigenvalue weighted by Gasteiger charge is 2.15. The summed E-state index contributed by atoms with van der Waals surface area (Å²) in [6, 6.07) is 17.8. The number of nitrogens with one attached hydrogen (secondary N) is 2. The summed E-state index contributed by atoms with van der Waals surface area (Å²) in [4.78, 5) is 12.7. The van der Waals surface area contributed by atoms with E-state index in [1.54, 1.807) is 36.4 Å². The molecule has 0 amide bonds. The second-order valence-electron chi connectivity index (χ2n) is 6.84. The van der Waals surface area contributed by atoms with Crippen molar-refractivity contribution in [3.63, 3.8) is 0 Å². The number of hydrazone groups is 1. The first-order chi connectivity index (χ1) is 15.9. The topological polar surface area (TPSA) is 81.2 Å². The molecule has 3 aromatic carbocycles. The third-order valence-electron chi connectivity index (χ3n) is 4.44. The number of esters is 1. The number of hydrogen-bond donors (Lipinski definition) is 2. The van der Waals surface area contributed by atoms with Crippen molar-refractivity contribution in [1.82, 2.24) is 5.43 Å². The summed E-state index contributed by atoms with van der Waals surface area (Å²) in [6.45, 7) is 2.00. The molecule has 0 atom stereocenters. The number of aryl methyl sites for hydroxylation is 1. The zero-order valence-corrected chi connectivity index (χ0v) is 20.6. The van der Waals surface area contributed by atoms with Crippen LogP contribution < -0.4 is 25.0 Å². The van der Waals surface area contributed by atoms with E-state index < -0.39 is 5.97 Å². The Morgan fingerprint density at radius 3 is 2.48 bits per heavy atom. The van der Waals surface area contributed by atoms with Gasteiger partial charge in [0, 0.05) is 15.7 Å². The number of ether oxygens (including phenoxy) is 3. The number of halogens is 1. The van der Waals surface area contributed by atoms with Gasteiger partial charge in [0.1, 0.15) is 5.75 Å². The molecule has 0 unspecified atom stereocenters. The number of benzene rings is 3. The molecule has 0 fully saturated rings. The van der Waals surface area contributed by atoms with Gasteiger partial charge in [0.05, 0.1) is 26.0 Å². The van der Waals surface area contributed by atoms with Gasteiger partial charge in [-0.3, -0.25) is 5.43 Å². The lowest BCUT2D eigenvalue weighted by atomic mass is 10.2. The highest BCUT2D eigenvalue weighted by atomic mass is 79.9. The molecule has 0 saturated heterocycles. The van der Waals surface area contributed by atoms with Gasteiger partial charge >= 0.3 is 5.97 Å². The van der Waals surface area contributed by atoms with Crippen molar-refractivity contribution in [3.8, 4) is 17.2 Å². The van der Waals surface area contributed by atoms with Gasteiger partial charge in [0.15, 0.2) is 16.6 Å². The molecule has 2 N–H and O–H groups in total. The Kier molecular flexibility index (Phi) is 8.39. The van der Waals surface area contributed by atoms with Crippen LogP contribution in [0.25, 0.3) is 0 Å². The van der Waals surface area contributed by atoms with Gasteiger partial charge in [0.25, 0.3) is 0 Å². The van der Waals surface area contributed by atoms with E-state index in [4.69, 9.17) is 26.4 Å². The highest BCUT2D eigenvalue weighted by molar-refractivity contribution is 9.10. The maximum Gasteiger partial charge on any atom is 0.343 e.